The molecule has 0 spiro atoms. The van der Waals surface area contributed by atoms with Gasteiger partial charge < -0.3 is 19.6 Å². The topological polar surface area (TPSA) is 85.0 Å². The highest BCUT2D eigenvalue weighted by Gasteiger charge is 2.17. The molecule has 2 aromatic rings. The molecular formula is C12H15N5O2. The Balaban J connectivity index is 1.47. The van der Waals surface area contributed by atoms with E-state index in [-0.39, 0.29) is 6.03 Å². The molecule has 100 valence electrons. The fourth-order valence-corrected chi connectivity index (χ4v) is 2.14. The molecular weight excluding hydrogens is 246 g/mol. The third kappa shape index (κ3) is 2.59. The number of urea groups is 1. The molecule has 0 atom stereocenters. The molecule has 7 heteroatoms. The monoisotopic (exact) mass is 261 g/mol. The van der Waals surface area contributed by atoms with E-state index in [1.807, 2.05) is 6.07 Å². The third-order valence-corrected chi connectivity index (χ3v) is 3.13. The highest BCUT2D eigenvalue weighted by atomic mass is 16.3. The summed E-state index contributed by atoms with van der Waals surface area (Å²) in [6.45, 7) is 1.78. The number of hydrogen-bond donors (Lipinski definition) is 2. The fraction of sp³-hybridized carbons (Fsp3) is 0.417. The van der Waals surface area contributed by atoms with Crippen LogP contribution in [0.15, 0.2) is 23.0 Å². The van der Waals surface area contributed by atoms with Gasteiger partial charge in [0.25, 0.3) is 0 Å². The lowest BCUT2D eigenvalue weighted by Crippen LogP contribution is -2.35. The minimum atomic E-state index is -0.225. The Bertz CT molecular complexity index is 561. The molecule has 0 fully saturated rings. The lowest BCUT2D eigenvalue weighted by atomic mass is 10.3. The quantitative estimate of drug-likeness (QED) is 0.853. The summed E-state index contributed by atoms with van der Waals surface area (Å²) in [7, 11) is 0. The highest BCUT2D eigenvalue weighted by Crippen LogP contribution is 2.13. The van der Waals surface area contributed by atoms with Crippen molar-refractivity contribution in [2.45, 2.75) is 32.5 Å². The first-order chi connectivity index (χ1) is 9.33. The molecule has 0 unspecified atom stereocenters. The maximum atomic E-state index is 11.6. The zero-order valence-corrected chi connectivity index (χ0v) is 10.4. The smallest absolute Gasteiger partial charge is 0.315 e. The molecule has 0 bridgehead atoms. The van der Waals surface area contributed by atoms with Crippen molar-refractivity contribution in [3.8, 4) is 0 Å². The van der Waals surface area contributed by atoms with Gasteiger partial charge in [-0.3, -0.25) is 0 Å². The van der Waals surface area contributed by atoms with Crippen LogP contribution < -0.4 is 10.6 Å². The van der Waals surface area contributed by atoms with E-state index in [2.05, 4.69) is 25.4 Å². The van der Waals surface area contributed by atoms with Crippen LogP contribution in [-0.4, -0.2) is 20.8 Å². The van der Waals surface area contributed by atoms with Gasteiger partial charge in [0.1, 0.15) is 5.82 Å². The summed E-state index contributed by atoms with van der Waals surface area (Å²) >= 11 is 0. The van der Waals surface area contributed by atoms with Crippen molar-refractivity contribution in [1.29, 1.82) is 0 Å². The lowest BCUT2D eigenvalue weighted by molar-refractivity contribution is 0.239. The molecule has 19 heavy (non-hydrogen) atoms. The van der Waals surface area contributed by atoms with Crippen LogP contribution in [-0.2, 0) is 26.1 Å². The largest absolute Gasteiger partial charge is 0.472 e. The second-order valence-corrected chi connectivity index (χ2v) is 4.46. The average molecular weight is 261 g/mol. The number of carbonyl (C=O) groups excluding carboxylic acids is 1. The molecule has 2 amide bonds. The maximum absolute atomic E-state index is 11.6. The van der Waals surface area contributed by atoms with Crippen molar-refractivity contribution < 1.29 is 9.21 Å². The zero-order chi connectivity index (χ0) is 13.1. The van der Waals surface area contributed by atoms with E-state index in [9.17, 15) is 4.79 Å². The standard InChI is InChI=1S/C12H15N5O2/c18-12(13-6-9-3-5-19-8-9)14-7-11-16-15-10-2-1-4-17(10)11/h3,5,8H,1-2,4,6-7H2,(H2,13,14,18). The lowest BCUT2D eigenvalue weighted by Gasteiger charge is -2.06. The van der Waals surface area contributed by atoms with Gasteiger partial charge in [0.15, 0.2) is 5.82 Å². The van der Waals surface area contributed by atoms with E-state index in [0.29, 0.717) is 13.1 Å². The predicted molar refractivity (Wildman–Crippen MR) is 66.1 cm³/mol. The van der Waals surface area contributed by atoms with Crippen molar-refractivity contribution >= 4 is 6.03 Å². The van der Waals surface area contributed by atoms with Gasteiger partial charge in [-0.1, -0.05) is 0 Å². The van der Waals surface area contributed by atoms with Gasteiger partial charge in [-0.2, -0.15) is 0 Å². The van der Waals surface area contributed by atoms with Crippen molar-refractivity contribution in [3.05, 3.63) is 35.8 Å². The summed E-state index contributed by atoms with van der Waals surface area (Å²) in [6, 6.07) is 1.59. The maximum Gasteiger partial charge on any atom is 0.315 e. The van der Waals surface area contributed by atoms with Crippen LogP contribution in [0.3, 0.4) is 0 Å². The number of rotatable bonds is 4. The van der Waals surface area contributed by atoms with E-state index in [1.54, 1.807) is 12.5 Å². The molecule has 0 aromatic carbocycles. The number of amides is 2. The van der Waals surface area contributed by atoms with Gasteiger partial charge in [-0.25, -0.2) is 4.79 Å². The minimum absolute atomic E-state index is 0.225. The Morgan fingerprint density at radius 1 is 1.37 bits per heavy atom. The van der Waals surface area contributed by atoms with E-state index < -0.39 is 0 Å². The molecule has 0 saturated heterocycles. The number of furan rings is 1. The Morgan fingerprint density at radius 2 is 2.26 bits per heavy atom. The summed E-state index contributed by atoms with van der Waals surface area (Å²) in [5.41, 5.74) is 0.929. The van der Waals surface area contributed by atoms with Crippen molar-refractivity contribution in [2.75, 3.05) is 0 Å². The number of aromatic nitrogens is 3. The van der Waals surface area contributed by atoms with E-state index in [4.69, 9.17) is 4.42 Å². The predicted octanol–water partition coefficient (Wildman–Crippen LogP) is 0.817. The summed E-state index contributed by atoms with van der Waals surface area (Å²) in [5.74, 6) is 1.82. The van der Waals surface area contributed by atoms with Crippen LogP contribution in [0.4, 0.5) is 4.79 Å². The Morgan fingerprint density at radius 3 is 3.11 bits per heavy atom. The van der Waals surface area contributed by atoms with Crippen LogP contribution in [0.25, 0.3) is 0 Å². The second-order valence-electron chi connectivity index (χ2n) is 4.46. The second kappa shape index (κ2) is 5.13. The van der Waals surface area contributed by atoms with Crippen LogP contribution in [0, 0.1) is 0 Å². The molecule has 2 aromatic heterocycles. The van der Waals surface area contributed by atoms with Gasteiger partial charge in [0.2, 0.25) is 0 Å². The van der Waals surface area contributed by atoms with Crippen LogP contribution in [0.1, 0.15) is 23.6 Å². The van der Waals surface area contributed by atoms with Crippen LogP contribution in [0.5, 0.6) is 0 Å². The average Bonchev–Trinajstić information content (AvgIpc) is 3.11. The number of fused-ring (bicyclic) bond motifs is 1. The number of carbonyl (C=O) groups is 1. The van der Waals surface area contributed by atoms with E-state index in [0.717, 1.165) is 36.6 Å². The molecule has 3 rings (SSSR count). The zero-order valence-electron chi connectivity index (χ0n) is 10.4. The fourth-order valence-electron chi connectivity index (χ4n) is 2.14. The van der Waals surface area contributed by atoms with Crippen molar-refractivity contribution in [2.24, 2.45) is 0 Å². The number of hydrogen-bond acceptors (Lipinski definition) is 4. The molecule has 1 aliphatic heterocycles. The van der Waals surface area contributed by atoms with E-state index >= 15 is 0 Å². The molecule has 0 saturated carbocycles. The Hall–Kier alpha value is -2.31. The molecule has 7 nitrogen and oxygen atoms in total. The normalized spacial score (nSPS) is 13.3. The number of nitrogens with one attached hydrogen (secondary N) is 2. The van der Waals surface area contributed by atoms with Crippen LogP contribution >= 0.6 is 0 Å². The number of nitrogens with zero attached hydrogens (tertiary/aromatic N) is 3. The summed E-state index contributed by atoms with van der Waals surface area (Å²) in [5, 5.41) is 13.7. The van der Waals surface area contributed by atoms with Crippen molar-refractivity contribution in [3.63, 3.8) is 0 Å². The van der Waals surface area contributed by atoms with E-state index in [1.165, 1.54) is 0 Å². The first-order valence-corrected chi connectivity index (χ1v) is 6.26. The summed E-state index contributed by atoms with van der Waals surface area (Å²) in [6.07, 6.45) is 5.25. The van der Waals surface area contributed by atoms with Gasteiger partial charge in [-0.15, -0.1) is 10.2 Å². The third-order valence-electron chi connectivity index (χ3n) is 3.13. The molecule has 0 radical (unpaired) electrons. The molecule has 3 heterocycles. The number of aryl methyl sites for hydroxylation is 1. The van der Waals surface area contributed by atoms with Gasteiger partial charge in [-0.05, 0) is 12.5 Å². The first kappa shape index (κ1) is 11.8. The first-order valence-electron chi connectivity index (χ1n) is 6.26. The van der Waals surface area contributed by atoms with Gasteiger partial charge in [0, 0.05) is 25.1 Å². The Labute approximate surface area is 110 Å². The van der Waals surface area contributed by atoms with Crippen LogP contribution in [0.2, 0.25) is 0 Å². The SMILES string of the molecule is O=C(NCc1ccoc1)NCc1nnc2n1CCC2. The molecule has 1 aliphatic rings. The van der Waals surface area contributed by atoms with Crippen molar-refractivity contribution in [1.82, 2.24) is 25.4 Å². The summed E-state index contributed by atoms with van der Waals surface area (Å²) in [4.78, 5) is 11.6. The summed E-state index contributed by atoms with van der Waals surface area (Å²) < 4.78 is 6.99. The van der Waals surface area contributed by atoms with Gasteiger partial charge >= 0.3 is 6.03 Å². The molecule has 0 aliphatic carbocycles. The molecule has 2 N–H and O–H groups in total. The Kier molecular flexibility index (Phi) is 3.18. The minimum Gasteiger partial charge on any atom is -0.472 e. The highest BCUT2D eigenvalue weighted by molar-refractivity contribution is 5.73. The van der Waals surface area contributed by atoms with Gasteiger partial charge in [0.05, 0.1) is 19.1 Å².